The van der Waals surface area contributed by atoms with Gasteiger partial charge in [0.05, 0.1) is 18.6 Å². The maximum Gasteiger partial charge on any atom is 0.308 e. The Balaban J connectivity index is 1.97. The highest BCUT2D eigenvalue weighted by Gasteiger charge is 2.28. The van der Waals surface area contributed by atoms with E-state index in [0.29, 0.717) is 37.2 Å². The van der Waals surface area contributed by atoms with Crippen LogP contribution < -0.4 is 0 Å². The second-order valence-electron chi connectivity index (χ2n) is 4.63. The second kappa shape index (κ2) is 6.15. The lowest BCUT2D eigenvalue weighted by Gasteiger charge is -2.30. The van der Waals surface area contributed by atoms with E-state index in [-0.39, 0.29) is 17.8 Å². The summed E-state index contributed by atoms with van der Waals surface area (Å²) in [5.74, 6) is -0.510. The first-order valence-corrected chi connectivity index (χ1v) is 6.39. The van der Waals surface area contributed by atoms with E-state index >= 15 is 0 Å². The average Bonchev–Trinajstić information content (AvgIpc) is 2.53. The molecule has 1 amide bonds. The van der Waals surface area contributed by atoms with Crippen LogP contribution in [0.5, 0.6) is 0 Å². The minimum Gasteiger partial charge on any atom is -0.469 e. The minimum atomic E-state index is -0.214. The Hall–Kier alpha value is -2.42. The molecule has 0 atom stereocenters. The summed E-state index contributed by atoms with van der Waals surface area (Å²) in [6.07, 6.45) is 2.60. The van der Waals surface area contributed by atoms with Crippen LogP contribution in [0.4, 0.5) is 0 Å². The predicted octanol–water partition coefficient (Wildman–Crippen LogP) is 0.978. The second-order valence-corrected chi connectivity index (χ2v) is 4.63. The summed E-state index contributed by atoms with van der Waals surface area (Å²) in [5.41, 5.74) is 0.742. The summed E-state index contributed by atoms with van der Waals surface area (Å²) in [6.45, 7) is 1.03. The van der Waals surface area contributed by atoms with Gasteiger partial charge in [-0.3, -0.25) is 9.59 Å². The first-order chi connectivity index (χ1) is 9.65. The summed E-state index contributed by atoms with van der Waals surface area (Å²) < 4.78 is 4.71. The third kappa shape index (κ3) is 2.94. The molecule has 2 rings (SSSR count). The molecule has 0 radical (unpaired) electrons. The van der Waals surface area contributed by atoms with Gasteiger partial charge in [0.1, 0.15) is 11.8 Å². The number of hydrogen-bond acceptors (Lipinski definition) is 5. The smallest absolute Gasteiger partial charge is 0.308 e. The molecule has 0 bridgehead atoms. The van der Waals surface area contributed by atoms with Crippen molar-refractivity contribution in [3.8, 4) is 6.07 Å². The molecular formula is C14H15N3O3. The number of pyridine rings is 1. The largest absolute Gasteiger partial charge is 0.469 e. The van der Waals surface area contributed by atoms with Crippen LogP contribution in [0.1, 0.15) is 28.9 Å². The van der Waals surface area contributed by atoms with Gasteiger partial charge in [-0.05, 0) is 25.0 Å². The minimum absolute atomic E-state index is 0.127. The highest BCUT2D eigenvalue weighted by Crippen LogP contribution is 2.19. The molecule has 1 aromatic heterocycles. The molecule has 1 fully saturated rings. The number of ether oxygens (including phenoxy) is 1. The molecular weight excluding hydrogens is 258 g/mol. The van der Waals surface area contributed by atoms with Crippen LogP contribution in [0.3, 0.4) is 0 Å². The first-order valence-electron chi connectivity index (χ1n) is 6.39. The molecule has 0 unspecified atom stereocenters. The highest BCUT2D eigenvalue weighted by atomic mass is 16.5. The number of carbonyl (C=O) groups excluding carboxylic acids is 2. The Labute approximate surface area is 117 Å². The van der Waals surface area contributed by atoms with E-state index in [1.165, 1.54) is 13.3 Å². The van der Waals surface area contributed by atoms with Crippen molar-refractivity contribution >= 4 is 11.9 Å². The van der Waals surface area contributed by atoms with E-state index in [9.17, 15) is 9.59 Å². The van der Waals surface area contributed by atoms with Crippen LogP contribution >= 0.6 is 0 Å². The number of rotatable bonds is 2. The van der Waals surface area contributed by atoms with E-state index < -0.39 is 0 Å². The van der Waals surface area contributed by atoms with E-state index in [1.807, 2.05) is 6.07 Å². The number of carbonyl (C=O) groups is 2. The Morgan fingerprint density at radius 2 is 2.10 bits per heavy atom. The fourth-order valence-electron chi connectivity index (χ4n) is 2.23. The third-order valence-electron chi connectivity index (χ3n) is 3.43. The Morgan fingerprint density at radius 1 is 1.40 bits per heavy atom. The van der Waals surface area contributed by atoms with Gasteiger partial charge in [-0.15, -0.1) is 0 Å². The number of aromatic nitrogens is 1. The topological polar surface area (TPSA) is 83.3 Å². The number of piperidine rings is 1. The van der Waals surface area contributed by atoms with Crippen molar-refractivity contribution in [3.05, 3.63) is 29.6 Å². The van der Waals surface area contributed by atoms with Gasteiger partial charge in [-0.25, -0.2) is 4.98 Å². The molecule has 0 N–H and O–H groups in total. The molecule has 1 aromatic rings. The molecule has 0 aromatic carbocycles. The number of hydrogen-bond donors (Lipinski definition) is 0. The van der Waals surface area contributed by atoms with Crippen molar-refractivity contribution in [2.45, 2.75) is 12.8 Å². The Bertz CT molecular complexity index is 540. The molecule has 104 valence electrons. The number of methoxy groups -OCH3 is 1. The monoisotopic (exact) mass is 273 g/mol. The summed E-state index contributed by atoms with van der Waals surface area (Å²) in [6, 6.07) is 5.08. The van der Waals surface area contributed by atoms with E-state index in [4.69, 9.17) is 10.00 Å². The number of amides is 1. The maximum absolute atomic E-state index is 12.2. The van der Waals surface area contributed by atoms with Gasteiger partial charge in [0, 0.05) is 19.3 Å². The van der Waals surface area contributed by atoms with Gasteiger partial charge in [0.15, 0.2) is 0 Å². The summed E-state index contributed by atoms with van der Waals surface area (Å²) in [7, 11) is 1.38. The highest BCUT2D eigenvalue weighted by molar-refractivity contribution is 5.92. The molecule has 20 heavy (non-hydrogen) atoms. The van der Waals surface area contributed by atoms with Crippen molar-refractivity contribution in [1.82, 2.24) is 9.88 Å². The van der Waals surface area contributed by atoms with Crippen molar-refractivity contribution in [2.24, 2.45) is 5.92 Å². The zero-order valence-electron chi connectivity index (χ0n) is 11.2. The summed E-state index contributed by atoms with van der Waals surface area (Å²) in [5, 5.41) is 8.69. The fraction of sp³-hybridized carbons (Fsp3) is 0.429. The van der Waals surface area contributed by atoms with Crippen molar-refractivity contribution in [3.63, 3.8) is 0 Å². The van der Waals surface area contributed by atoms with Crippen LogP contribution in [0, 0.1) is 17.2 Å². The van der Waals surface area contributed by atoms with Crippen LogP contribution in [-0.4, -0.2) is 42.0 Å². The third-order valence-corrected chi connectivity index (χ3v) is 3.43. The fourth-order valence-corrected chi connectivity index (χ4v) is 2.23. The van der Waals surface area contributed by atoms with E-state index in [2.05, 4.69) is 4.98 Å². The summed E-state index contributed by atoms with van der Waals surface area (Å²) in [4.78, 5) is 29.3. The molecule has 1 aliphatic heterocycles. The number of esters is 1. The lowest BCUT2D eigenvalue weighted by molar-refractivity contribution is -0.146. The van der Waals surface area contributed by atoms with E-state index in [0.717, 1.165) is 0 Å². The van der Waals surface area contributed by atoms with Crippen LogP contribution in [0.25, 0.3) is 0 Å². The van der Waals surface area contributed by atoms with Gasteiger partial charge in [0.2, 0.25) is 0 Å². The van der Waals surface area contributed by atoms with E-state index in [1.54, 1.807) is 17.0 Å². The lowest BCUT2D eigenvalue weighted by Crippen LogP contribution is -2.40. The standard InChI is InChI=1S/C14H15N3O3/c1-20-14(19)11-4-6-17(7-5-11)13(18)12-3-2-10(8-15)9-16-12/h2-3,9,11H,4-7H2,1H3. The molecule has 1 saturated heterocycles. The first kappa shape index (κ1) is 14.0. The SMILES string of the molecule is COC(=O)C1CCN(C(=O)c2ccc(C#N)cn2)CC1. The average molecular weight is 273 g/mol. The molecule has 2 heterocycles. The van der Waals surface area contributed by atoms with Gasteiger partial charge in [-0.1, -0.05) is 0 Å². The Morgan fingerprint density at radius 3 is 2.60 bits per heavy atom. The zero-order valence-corrected chi connectivity index (χ0v) is 11.2. The normalized spacial score (nSPS) is 15.5. The molecule has 6 nitrogen and oxygen atoms in total. The number of nitriles is 1. The van der Waals surface area contributed by atoms with Gasteiger partial charge >= 0.3 is 5.97 Å². The van der Waals surface area contributed by atoms with Crippen molar-refractivity contribution < 1.29 is 14.3 Å². The molecule has 6 heteroatoms. The van der Waals surface area contributed by atoms with Gasteiger partial charge in [-0.2, -0.15) is 5.26 Å². The number of nitrogens with zero attached hydrogens (tertiary/aromatic N) is 3. The molecule has 0 spiro atoms. The van der Waals surface area contributed by atoms with Crippen LogP contribution in [0.15, 0.2) is 18.3 Å². The predicted molar refractivity (Wildman–Crippen MR) is 69.6 cm³/mol. The van der Waals surface area contributed by atoms with Crippen LogP contribution in [0.2, 0.25) is 0 Å². The molecule has 1 aliphatic rings. The molecule has 0 aliphatic carbocycles. The van der Waals surface area contributed by atoms with Crippen molar-refractivity contribution in [1.29, 1.82) is 5.26 Å². The summed E-state index contributed by atoms with van der Waals surface area (Å²) >= 11 is 0. The van der Waals surface area contributed by atoms with Crippen molar-refractivity contribution in [2.75, 3.05) is 20.2 Å². The zero-order chi connectivity index (χ0) is 14.5. The lowest BCUT2D eigenvalue weighted by atomic mass is 9.97. The molecule has 0 saturated carbocycles. The van der Waals surface area contributed by atoms with Gasteiger partial charge in [0.25, 0.3) is 5.91 Å². The maximum atomic E-state index is 12.2. The Kier molecular flexibility index (Phi) is 4.31. The number of likely N-dealkylation sites (tertiary alicyclic amines) is 1. The quantitative estimate of drug-likeness (QED) is 0.750. The van der Waals surface area contributed by atoms with Crippen LogP contribution in [-0.2, 0) is 9.53 Å². The van der Waals surface area contributed by atoms with Gasteiger partial charge < -0.3 is 9.64 Å².